The third kappa shape index (κ3) is 2.96. The summed E-state index contributed by atoms with van der Waals surface area (Å²) in [5.74, 6) is -0.0213. The Balaban J connectivity index is 2.47. The Bertz CT molecular complexity index is 197. The molecule has 0 aromatic heterocycles. The fourth-order valence-corrected chi connectivity index (χ4v) is 2.18. The molecule has 82 valence electrons. The standard InChI is InChI=1S/C10H20N2O2/c1-2-8-3-4-12(7-10(13)14)9(5-8)6-11/h8-9H,2-7,11H2,1H3,(H,13,14). The second-order valence-electron chi connectivity index (χ2n) is 4.05. The minimum atomic E-state index is -0.751. The zero-order valence-corrected chi connectivity index (χ0v) is 8.78. The summed E-state index contributed by atoms with van der Waals surface area (Å²) in [5.41, 5.74) is 5.65. The molecule has 3 N–H and O–H groups in total. The molecule has 4 nitrogen and oxygen atoms in total. The number of carboxylic acid groups (broad SMARTS) is 1. The average molecular weight is 200 g/mol. The van der Waals surface area contributed by atoms with Gasteiger partial charge in [-0.2, -0.15) is 0 Å². The summed E-state index contributed by atoms with van der Waals surface area (Å²) in [6.07, 6.45) is 3.35. The van der Waals surface area contributed by atoms with Crippen molar-refractivity contribution in [3.05, 3.63) is 0 Å². The maximum absolute atomic E-state index is 10.6. The van der Waals surface area contributed by atoms with Gasteiger partial charge >= 0.3 is 5.97 Å². The predicted octanol–water partition coefficient (Wildman–Crippen LogP) is 0.520. The Kier molecular flexibility index (Phi) is 4.35. The van der Waals surface area contributed by atoms with Gasteiger partial charge in [-0.1, -0.05) is 13.3 Å². The molecule has 14 heavy (non-hydrogen) atoms. The van der Waals surface area contributed by atoms with Crippen molar-refractivity contribution < 1.29 is 9.90 Å². The molecule has 0 spiro atoms. The van der Waals surface area contributed by atoms with Crippen molar-refractivity contribution in [3.63, 3.8) is 0 Å². The van der Waals surface area contributed by atoms with E-state index in [0.29, 0.717) is 6.54 Å². The second kappa shape index (κ2) is 5.32. The third-order valence-corrected chi connectivity index (χ3v) is 3.13. The number of piperidine rings is 1. The van der Waals surface area contributed by atoms with Crippen LogP contribution in [0.2, 0.25) is 0 Å². The number of hydrogen-bond donors (Lipinski definition) is 2. The van der Waals surface area contributed by atoms with E-state index in [-0.39, 0.29) is 12.6 Å². The SMILES string of the molecule is CCC1CCN(CC(=O)O)C(CN)C1. The molecule has 0 aliphatic carbocycles. The lowest BCUT2D eigenvalue weighted by Crippen LogP contribution is -2.48. The Labute approximate surface area is 85.1 Å². The van der Waals surface area contributed by atoms with Crippen LogP contribution in [0.15, 0.2) is 0 Å². The van der Waals surface area contributed by atoms with Gasteiger partial charge < -0.3 is 10.8 Å². The lowest BCUT2D eigenvalue weighted by atomic mass is 9.89. The smallest absolute Gasteiger partial charge is 0.317 e. The molecule has 1 saturated heterocycles. The van der Waals surface area contributed by atoms with E-state index in [1.807, 2.05) is 4.90 Å². The van der Waals surface area contributed by atoms with Crippen molar-refractivity contribution >= 4 is 5.97 Å². The van der Waals surface area contributed by atoms with Gasteiger partial charge in [-0.3, -0.25) is 9.69 Å². The van der Waals surface area contributed by atoms with Crippen molar-refractivity contribution in [2.45, 2.75) is 32.2 Å². The summed E-state index contributed by atoms with van der Waals surface area (Å²) in [7, 11) is 0. The first kappa shape index (κ1) is 11.5. The van der Waals surface area contributed by atoms with E-state index in [2.05, 4.69) is 6.92 Å². The largest absolute Gasteiger partial charge is 0.480 e. The lowest BCUT2D eigenvalue weighted by Gasteiger charge is -2.37. The molecule has 0 aromatic carbocycles. The number of rotatable bonds is 4. The molecule has 1 heterocycles. The van der Waals surface area contributed by atoms with Gasteiger partial charge in [0.05, 0.1) is 6.54 Å². The van der Waals surface area contributed by atoms with Gasteiger partial charge in [0.2, 0.25) is 0 Å². The third-order valence-electron chi connectivity index (χ3n) is 3.13. The summed E-state index contributed by atoms with van der Waals surface area (Å²) in [6, 6.07) is 0.268. The molecule has 1 fully saturated rings. The first-order valence-electron chi connectivity index (χ1n) is 5.33. The van der Waals surface area contributed by atoms with Crippen LogP contribution in [-0.2, 0) is 4.79 Å². The summed E-state index contributed by atoms with van der Waals surface area (Å²) in [5, 5.41) is 8.72. The Morgan fingerprint density at radius 1 is 1.64 bits per heavy atom. The highest BCUT2D eigenvalue weighted by Gasteiger charge is 2.27. The highest BCUT2D eigenvalue weighted by molar-refractivity contribution is 5.69. The van der Waals surface area contributed by atoms with Crippen LogP contribution in [0, 0.1) is 5.92 Å². The van der Waals surface area contributed by atoms with E-state index in [1.54, 1.807) is 0 Å². The number of hydrogen-bond acceptors (Lipinski definition) is 3. The van der Waals surface area contributed by atoms with E-state index in [1.165, 1.54) is 6.42 Å². The average Bonchev–Trinajstić information content (AvgIpc) is 2.17. The summed E-state index contributed by atoms with van der Waals surface area (Å²) < 4.78 is 0. The molecule has 0 amide bonds. The van der Waals surface area contributed by atoms with Crippen LogP contribution in [0.3, 0.4) is 0 Å². The fourth-order valence-electron chi connectivity index (χ4n) is 2.18. The van der Waals surface area contributed by atoms with Crippen molar-refractivity contribution in [2.75, 3.05) is 19.6 Å². The molecule has 0 bridgehead atoms. The zero-order chi connectivity index (χ0) is 10.6. The monoisotopic (exact) mass is 200 g/mol. The molecular weight excluding hydrogens is 180 g/mol. The van der Waals surface area contributed by atoms with E-state index in [0.717, 1.165) is 25.3 Å². The Morgan fingerprint density at radius 3 is 2.86 bits per heavy atom. The lowest BCUT2D eigenvalue weighted by molar-refractivity contribution is -0.139. The van der Waals surface area contributed by atoms with E-state index >= 15 is 0 Å². The minimum Gasteiger partial charge on any atom is -0.480 e. The quantitative estimate of drug-likeness (QED) is 0.694. The molecule has 1 aliphatic heterocycles. The number of carbonyl (C=O) groups is 1. The van der Waals surface area contributed by atoms with Crippen LogP contribution in [0.25, 0.3) is 0 Å². The number of nitrogens with two attached hydrogens (primary N) is 1. The number of carboxylic acids is 1. The van der Waals surface area contributed by atoms with Gasteiger partial charge in [0.25, 0.3) is 0 Å². The summed E-state index contributed by atoms with van der Waals surface area (Å²) >= 11 is 0. The number of likely N-dealkylation sites (tertiary alicyclic amines) is 1. The minimum absolute atomic E-state index is 0.137. The molecular formula is C10H20N2O2. The molecule has 2 unspecified atom stereocenters. The molecule has 1 aliphatic rings. The summed E-state index contributed by atoms with van der Waals surface area (Å²) in [6.45, 7) is 3.78. The molecule has 1 rings (SSSR count). The first-order valence-corrected chi connectivity index (χ1v) is 5.33. The molecule has 0 aromatic rings. The molecule has 0 radical (unpaired) electrons. The van der Waals surface area contributed by atoms with Crippen molar-refractivity contribution in [3.8, 4) is 0 Å². The molecule has 0 saturated carbocycles. The van der Waals surface area contributed by atoms with Crippen LogP contribution < -0.4 is 5.73 Å². The van der Waals surface area contributed by atoms with Crippen molar-refractivity contribution in [1.82, 2.24) is 4.90 Å². The van der Waals surface area contributed by atoms with Crippen LogP contribution >= 0.6 is 0 Å². The van der Waals surface area contributed by atoms with Gasteiger partial charge in [0.1, 0.15) is 0 Å². The molecule has 4 heteroatoms. The predicted molar refractivity (Wildman–Crippen MR) is 55.1 cm³/mol. The maximum Gasteiger partial charge on any atom is 0.317 e. The Morgan fingerprint density at radius 2 is 2.36 bits per heavy atom. The van der Waals surface area contributed by atoms with Gasteiger partial charge in [0, 0.05) is 12.6 Å². The first-order chi connectivity index (χ1) is 6.67. The van der Waals surface area contributed by atoms with Crippen LogP contribution in [0.4, 0.5) is 0 Å². The van der Waals surface area contributed by atoms with Gasteiger partial charge in [-0.05, 0) is 25.3 Å². The second-order valence-corrected chi connectivity index (χ2v) is 4.05. The number of nitrogens with zero attached hydrogens (tertiary/aromatic N) is 1. The van der Waals surface area contributed by atoms with Gasteiger partial charge in [-0.15, -0.1) is 0 Å². The van der Waals surface area contributed by atoms with Gasteiger partial charge in [0.15, 0.2) is 0 Å². The highest BCUT2D eigenvalue weighted by atomic mass is 16.4. The van der Waals surface area contributed by atoms with E-state index in [4.69, 9.17) is 10.8 Å². The van der Waals surface area contributed by atoms with Crippen molar-refractivity contribution in [2.24, 2.45) is 11.7 Å². The zero-order valence-electron chi connectivity index (χ0n) is 8.78. The van der Waals surface area contributed by atoms with Gasteiger partial charge in [-0.25, -0.2) is 0 Å². The highest BCUT2D eigenvalue weighted by Crippen LogP contribution is 2.24. The van der Waals surface area contributed by atoms with Crippen molar-refractivity contribution in [1.29, 1.82) is 0 Å². The van der Waals surface area contributed by atoms with E-state index < -0.39 is 5.97 Å². The topological polar surface area (TPSA) is 66.6 Å². The summed E-state index contributed by atoms with van der Waals surface area (Å²) in [4.78, 5) is 12.6. The van der Waals surface area contributed by atoms with E-state index in [9.17, 15) is 4.79 Å². The maximum atomic E-state index is 10.6. The van der Waals surface area contributed by atoms with Crippen LogP contribution in [0.1, 0.15) is 26.2 Å². The van der Waals surface area contributed by atoms with Crippen LogP contribution in [-0.4, -0.2) is 41.7 Å². The normalized spacial score (nSPS) is 29.0. The number of aliphatic carboxylic acids is 1. The Hall–Kier alpha value is -0.610. The van der Waals surface area contributed by atoms with Crippen LogP contribution in [0.5, 0.6) is 0 Å². The molecule has 2 atom stereocenters. The fraction of sp³-hybridized carbons (Fsp3) is 0.900.